The van der Waals surface area contributed by atoms with Gasteiger partial charge in [-0.2, -0.15) is 5.26 Å². The van der Waals surface area contributed by atoms with Crippen molar-refractivity contribution in [3.8, 4) is 6.07 Å². The van der Waals surface area contributed by atoms with E-state index in [0.717, 1.165) is 18.4 Å². The van der Waals surface area contributed by atoms with Crippen LogP contribution in [0.3, 0.4) is 0 Å². The first-order valence-electron chi connectivity index (χ1n) is 6.82. The molecule has 0 aliphatic heterocycles. The molecule has 0 radical (unpaired) electrons. The van der Waals surface area contributed by atoms with Crippen LogP contribution in [0.4, 0.5) is 5.69 Å². The molecule has 1 atom stereocenters. The zero-order chi connectivity index (χ0) is 15.2. The molecule has 0 aromatic heterocycles. The third-order valence-corrected chi connectivity index (χ3v) is 3.49. The second-order valence-corrected chi connectivity index (χ2v) is 4.97. The summed E-state index contributed by atoms with van der Waals surface area (Å²) in [5.74, 6) is -2.05. The Balaban J connectivity index is 2.08. The summed E-state index contributed by atoms with van der Waals surface area (Å²) in [6, 6.07) is 9.01. The fourth-order valence-electron chi connectivity index (χ4n) is 2.39. The lowest BCUT2D eigenvalue weighted by Gasteiger charge is -2.20. The topological polar surface area (TPSA) is 90.2 Å². The molecule has 0 bridgehead atoms. The van der Waals surface area contributed by atoms with E-state index in [1.165, 1.54) is 0 Å². The Morgan fingerprint density at radius 1 is 1.33 bits per heavy atom. The van der Waals surface area contributed by atoms with Crippen LogP contribution in [0.15, 0.2) is 35.9 Å². The Bertz CT molecular complexity index is 611. The van der Waals surface area contributed by atoms with Crippen LogP contribution in [0, 0.1) is 17.2 Å². The molecule has 5 nitrogen and oxygen atoms in total. The van der Waals surface area contributed by atoms with Crippen LogP contribution in [-0.2, 0) is 16.0 Å². The summed E-state index contributed by atoms with van der Waals surface area (Å²) in [6.07, 6.45) is 4.04. The van der Waals surface area contributed by atoms with Gasteiger partial charge in [0.1, 0.15) is 0 Å². The van der Waals surface area contributed by atoms with Gasteiger partial charge in [0.15, 0.2) is 0 Å². The van der Waals surface area contributed by atoms with Crippen LogP contribution in [0.2, 0.25) is 0 Å². The number of anilines is 1. The van der Waals surface area contributed by atoms with Gasteiger partial charge in [-0.1, -0.05) is 18.2 Å². The highest BCUT2D eigenvalue weighted by Crippen LogP contribution is 2.26. The Kier molecular flexibility index (Phi) is 4.72. The van der Waals surface area contributed by atoms with Crippen molar-refractivity contribution >= 4 is 17.6 Å². The van der Waals surface area contributed by atoms with Crippen LogP contribution in [-0.4, -0.2) is 17.0 Å². The average Bonchev–Trinajstić information content (AvgIpc) is 2.49. The van der Waals surface area contributed by atoms with E-state index in [1.54, 1.807) is 30.3 Å². The molecule has 0 heterocycles. The number of carbonyl (C=O) groups is 2. The van der Waals surface area contributed by atoms with Crippen molar-refractivity contribution in [1.29, 1.82) is 5.26 Å². The first-order valence-corrected chi connectivity index (χ1v) is 6.82. The number of hydrogen-bond donors (Lipinski definition) is 2. The van der Waals surface area contributed by atoms with E-state index in [4.69, 9.17) is 10.4 Å². The maximum Gasteiger partial charge on any atom is 0.311 e. The Morgan fingerprint density at radius 3 is 2.67 bits per heavy atom. The molecular formula is C16H16N2O3. The largest absolute Gasteiger partial charge is 0.481 e. The summed E-state index contributed by atoms with van der Waals surface area (Å²) in [4.78, 5) is 23.4. The number of carboxylic acids is 1. The Morgan fingerprint density at radius 2 is 2.05 bits per heavy atom. The normalized spacial score (nSPS) is 17.5. The van der Waals surface area contributed by atoms with Gasteiger partial charge in [-0.05, 0) is 37.0 Å². The molecule has 0 fully saturated rings. The second-order valence-electron chi connectivity index (χ2n) is 4.97. The quantitative estimate of drug-likeness (QED) is 0.888. The Hall–Kier alpha value is -2.61. The smallest absolute Gasteiger partial charge is 0.311 e. The van der Waals surface area contributed by atoms with Crippen molar-refractivity contribution in [1.82, 2.24) is 0 Å². The number of nitriles is 1. The number of allylic oxidation sites excluding steroid dienone is 1. The fourth-order valence-corrected chi connectivity index (χ4v) is 2.39. The molecule has 1 amide bonds. The lowest BCUT2D eigenvalue weighted by atomic mass is 9.87. The summed E-state index contributed by atoms with van der Waals surface area (Å²) >= 11 is 0. The van der Waals surface area contributed by atoms with Crippen molar-refractivity contribution in [2.75, 3.05) is 5.32 Å². The summed E-state index contributed by atoms with van der Waals surface area (Å²) in [5, 5.41) is 20.5. The monoisotopic (exact) mass is 284 g/mol. The molecule has 2 rings (SSSR count). The standard InChI is InChI=1S/C16H16N2O3/c17-10-9-11-5-7-12(8-6-11)18-15(19)13-3-1-2-4-14(13)16(20)21/h3,5-8,14H,1-2,4,9H2,(H,18,19)(H,20,21)/t14-/m0/s1. The van der Waals surface area contributed by atoms with Crippen molar-refractivity contribution in [2.24, 2.45) is 5.92 Å². The first kappa shape index (κ1) is 14.8. The summed E-state index contributed by atoms with van der Waals surface area (Å²) in [7, 11) is 0. The zero-order valence-corrected chi connectivity index (χ0v) is 11.5. The fraction of sp³-hybridized carbons (Fsp3) is 0.312. The van der Waals surface area contributed by atoms with Gasteiger partial charge in [0, 0.05) is 11.3 Å². The minimum Gasteiger partial charge on any atom is -0.481 e. The van der Waals surface area contributed by atoms with Crippen LogP contribution >= 0.6 is 0 Å². The number of nitrogens with one attached hydrogen (secondary N) is 1. The second kappa shape index (κ2) is 6.71. The number of amides is 1. The van der Waals surface area contributed by atoms with E-state index in [-0.39, 0.29) is 5.91 Å². The van der Waals surface area contributed by atoms with Gasteiger partial charge in [0.05, 0.1) is 18.4 Å². The highest BCUT2D eigenvalue weighted by molar-refractivity contribution is 6.07. The van der Waals surface area contributed by atoms with E-state index >= 15 is 0 Å². The number of benzene rings is 1. The van der Waals surface area contributed by atoms with E-state index in [9.17, 15) is 9.59 Å². The maximum atomic E-state index is 12.2. The van der Waals surface area contributed by atoms with Crippen LogP contribution in [0.25, 0.3) is 0 Å². The van der Waals surface area contributed by atoms with Crippen LogP contribution in [0.1, 0.15) is 24.8 Å². The molecule has 0 spiro atoms. The molecule has 1 aliphatic rings. The molecule has 21 heavy (non-hydrogen) atoms. The summed E-state index contributed by atoms with van der Waals surface area (Å²) < 4.78 is 0. The van der Waals surface area contributed by atoms with Gasteiger partial charge in [-0.3, -0.25) is 9.59 Å². The SMILES string of the molecule is N#CCc1ccc(NC(=O)C2=CCCC[C@@H]2C(=O)O)cc1. The highest BCUT2D eigenvalue weighted by atomic mass is 16.4. The van der Waals surface area contributed by atoms with Crippen LogP contribution in [0.5, 0.6) is 0 Å². The third-order valence-electron chi connectivity index (χ3n) is 3.49. The average molecular weight is 284 g/mol. The zero-order valence-electron chi connectivity index (χ0n) is 11.5. The van der Waals surface area contributed by atoms with Gasteiger partial charge in [-0.25, -0.2) is 0 Å². The van der Waals surface area contributed by atoms with E-state index in [2.05, 4.69) is 11.4 Å². The molecular weight excluding hydrogens is 268 g/mol. The highest BCUT2D eigenvalue weighted by Gasteiger charge is 2.29. The van der Waals surface area contributed by atoms with Crippen molar-refractivity contribution in [3.63, 3.8) is 0 Å². The predicted molar refractivity (Wildman–Crippen MR) is 77.4 cm³/mol. The van der Waals surface area contributed by atoms with E-state index in [1.807, 2.05) is 0 Å². The van der Waals surface area contributed by atoms with E-state index < -0.39 is 11.9 Å². The van der Waals surface area contributed by atoms with Gasteiger partial charge < -0.3 is 10.4 Å². The van der Waals surface area contributed by atoms with Gasteiger partial charge >= 0.3 is 5.97 Å². The van der Waals surface area contributed by atoms with Crippen molar-refractivity contribution < 1.29 is 14.7 Å². The van der Waals surface area contributed by atoms with Gasteiger partial charge in [-0.15, -0.1) is 0 Å². The first-order chi connectivity index (χ1) is 10.1. The maximum absolute atomic E-state index is 12.2. The van der Waals surface area contributed by atoms with Crippen LogP contribution < -0.4 is 5.32 Å². The number of carbonyl (C=O) groups excluding carboxylic acids is 1. The number of rotatable bonds is 4. The van der Waals surface area contributed by atoms with Crippen molar-refractivity contribution in [2.45, 2.75) is 25.7 Å². The minimum absolute atomic E-state index is 0.320. The molecule has 2 N–H and O–H groups in total. The van der Waals surface area contributed by atoms with Crippen molar-refractivity contribution in [3.05, 3.63) is 41.5 Å². The molecule has 108 valence electrons. The predicted octanol–water partition coefficient (Wildman–Crippen LogP) is 2.50. The molecule has 0 saturated heterocycles. The Labute approximate surface area is 122 Å². The van der Waals surface area contributed by atoms with Gasteiger partial charge in [0.25, 0.3) is 5.91 Å². The summed E-state index contributed by atoms with van der Waals surface area (Å²) in [6.45, 7) is 0. The number of nitrogens with zero attached hydrogens (tertiary/aromatic N) is 1. The number of carboxylic acid groups (broad SMARTS) is 1. The molecule has 1 aromatic rings. The minimum atomic E-state index is -0.958. The molecule has 0 saturated carbocycles. The molecule has 5 heteroatoms. The number of hydrogen-bond acceptors (Lipinski definition) is 3. The molecule has 1 aliphatic carbocycles. The lowest BCUT2D eigenvalue weighted by molar-refractivity contribution is -0.141. The third kappa shape index (κ3) is 3.69. The lowest BCUT2D eigenvalue weighted by Crippen LogP contribution is -2.27. The van der Waals surface area contributed by atoms with Gasteiger partial charge in [0.2, 0.25) is 0 Å². The number of aliphatic carboxylic acids is 1. The van der Waals surface area contributed by atoms with E-state index in [0.29, 0.717) is 24.1 Å². The molecule has 1 aromatic carbocycles. The molecule has 0 unspecified atom stereocenters. The summed E-state index contributed by atoms with van der Waals surface area (Å²) in [5.41, 5.74) is 1.79.